The highest BCUT2D eigenvalue weighted by molar-refractivity contribution is 5.91. The monoisotopic (exact) mass is 220 g/mol. The zero-order valence-corrected chi connectivity index (χ0v) is 9.32. The number of aromatic amines is 1. The summed E-state index contributed by atoms with van der Waals surface area (Å²) in [6.45, 7) is 1.35. The smallest absolute Gasteiger partial charge is 0.122 e. The molecule has 0 spiro atoms. The number of anilines is 1. The fourth-order valence-electron chi connectivity index (χ4n) is 1.65. The number of H-pyrrole nitrogens is 1. The molecule has 0 fully saturated rings. The summed E-state index contributed by atoms with van der Waals surface area (Å²) < 4.78 is 10.5. The van der Waals surface area contributed by atoms with Crippen molar-refractivity contribution >= 4 is 16.6 Å². The molecule has 3 N–H and O–H groups in total. The highest BCUT2D eigenvalue weighted by Gasteiger charge is 2.02. The maximum Gasteiger partial charge on any atom is 0.122 e. The van der Waals surface area contributed by atoms with Crippen LogP contribution in [0.15, 0.2) is 24.4 Å². The van der Waals surface area contributed by atoms with E-state index in [0.717, 1.165) is 23.1 Å². The first-order valence-electron chi connectivity index (χ1n) is 5.29. The zero-order chi connectivity index (χ0) is 11.4. The Morgan fingerprint density at radius 3 is 3.00 bits per heavy atom. The molecule has 2 aromatic rings. The molecule has 0 radical (unpaired) electrons. The van der Waals surface area contributed by atoms with Crippen LogP contribution in [0.4, 0.5) is 5.69 Å². The second-order valence-electron chi connectivity index (χ2n) is 3.65. The largest absolute Gasteiger partial charge is 0.493 e. The Labute approximate surface area is 94.3 Å². The highest BCUT2D eigenvalue weighted by Crippen LogP contribution is 2.26. The molecule has 4 heteroatoms. The molecule has 1 aromatic heterocycles. The van der Waals surface area contributed by atoms with E-state index in [9.17, 15) is 0 Å². The van der Waals surface area contributed by atoms with Gasteiger partial charge in [-0.25, -0.2) is 0 Å². The van der Waals surface area contributed by atoms with Crippen molar-refractivity contribution in [2.24, 2.45) is 0 Å². The van der Waals surface area contributed by atoms with E-state index in [-0.39, 0.29) is 0 Å². The third-order valence-corrected chi connectivity index (χ3v) is 2.42. The van der Waals surface area contributed by atoms with Gasteiger partial charge in [-0.15, -0.1) is 0 Å². The number of aromatic nitrogens is 1. The van der Waals surface area contributed by atoms with Gasteiger partial charge in [0, 0.05) is 37.8 Å². The molecular formula is C12H16N2O2. The van der Waals surface area contributed by atoms with Crippen LogP contribution in [0.1, 0.15) is 6.42 Å². The molecule has 0 amide bonds. The topological polar surface area (TPSA) is 60.3 Å². The lowest BCUT2D eigenvalue weighted by atomic mass is 10.2. The highest BCUT2D eigenvalue weighted by atomic mass is 16.5. The minimum atomic E-state index is 0.642. The molecular weight excluding hydrogens is 204 g/mol. The van der Waals surface area contributed by atoms with Crippen LogP contribution in [0, 0.1) is 0 Å². The van der Waals surface area contributed by atoms with Gasteiger partial charge in [0.15, 0.2) is 0 Å². The number of nitrogens with one attached hydrogen (secondary N) is 1. The number of nitrogen functional groups attached to an aromatic ring is 1. The molecule has 0 aliphatic rings. The fourth-order valence-corrected chi connectivity index (χ4v) is 1.65. The Kier molecular flexibility index (Phi) is 3.31. The minimum absolute atomic E-state index is 0.642. The number of hydrogen-bond acceptors (Lipinski definition) is 3. The Morgan fingerprint density at radius 2 is 2.19 bits per heavy atom. The lowest BCUT2D eigenvalue weighted by Crippen LogP contribution is -2.01. The fraction of sp³-hybridized carbons (Fsp3) is 0.333. The molecule has 86 valence electrons. The first-order valence-corrected chi connectivity index (χ1v) is 5.29. The van der Waals surface area contributed by atoms with Gasteiger partial charge in [0.05, 0.1) is 17.8 Å². The predicted octanol–water partition coefficient (Wildman–Crippen LogP) is 2.17. The van der Waals surface area contributed by atoms with Crippen molar-refractivity contribution in [3.05, 3.63) is 24.4 Å². The molecule has 4 nitrogen and oxygen atoms in total. The van der Waals surface area contributed by atoms with Gasteiger partial charge in [-0.2, -0.15) is 0 Å². The van der Waals surface area contributed by atoms with Crippen LogP contribution in [0.5, 0.6) is 5.75 Å². The summed E-state index contributed by atoms with van der Waals surface area (Å²) in [5.74, 6) is 0.806. The van der Waals surface area contributed by atoms with Crippen molar-refractivity contribution in [3.63, 3.8) is 0 Å². The van der Waals surface area contributed by atoms with Gasteiger partial charge in [-0.05, 0) is 12.1 Å². The Balaban J connectivity index is 2.06. The SMILES string of the molecule is COCCCOc1cc(N)c2[nH]ccc2c1. The second-order valence-corrected chi connectivity index (χ2v) is 3.65. The van der Waals surface area contributed by atoms with E-state index in [2.05, 4.69) is 4.98 Å². The van der Waals surface area contributed by atoms with Gasteiger partial charge in [0.1, 0.15) is 5.75 Å². The van der Waals surface area contributed by atoms with E-state index in [0.29, 0.717) is 18.9 Å². The predicted molar refractivity (Wildman–Crippen MR) is 64.7 cm³/mol. The number of rotatable bonds is 5. The quantitative estimate of drug-likeness (QED) is 0.599. The van der Waals surface area contributed by atoms with Crippen molar-refractivity contribution in [1.29, 1.82) is 0 Å². The molecule has 1 heterocycles. The molecule has 1 aromatic carbocycles. The number of fused-ring (bicyclic) bond motifs is 1. The van der Waals surface area contributed by atoms with Gasteiger partial charge < -0.3 is 20.2 Å². The summed E-state index contributed by atoms with van der Waals surface area (Å²) in [6.07, 6.45) is 2.75. The van der Waals surface area contributed by atoms with Crippen molar-refractivity contribution in [2.75, 3.05) is 26.1 Å². The molecule has 0 saturated heterocycles. The summed E-state index contributed by atoms with van der Waals surface area (Å²) >= 11 is 0. The van der Waals surface area contributed by atoms with Crippen LogP contribution in [-0.2, 0) is 4.74 Å². The zero-order valence-electron chi connectivity index (χ0n) is 9.32. The van der Waals surface area contributed by atoms with Crippen LogP contribution in [-0.4, -0.2) is 25.3 Å². The maximum atomic E-state index is 5.90. The number of hydrogen-bond donors (Lipinski definition) is 2. The van der Waals surface area contributed by atoms with Gasteiger partial charge in [0.25, 0.3) is 0 Å². The molecule has 2 rings (SSSR count). The van der Waals surface area contributed by atoms with E-state index in [1.165, 1.54) is 0 Å². The Bertz CT molecular complexity index is 465. The van der Waals surface area contributed by atoms with Gasteiger partial charge in [-0.1, -0.05) is 0 Å². The molecule has 0 bridgehead atoms. The van der Waals surface area contributed by atoms with Crippen LogP contribution in [0.25, 0.3) is 10.9 Å². The summed E-state index contributed by atoms with van der Waals surface area (Å²) in [4.78, 5) is 3.09. The van der Waals surface area contributed by atoms with Crippen LogP contribution >= 0.6 is 0 Å². The Hall–Kier alpha value is -1.68. The number of benzene rings is 1. The van der Waals surface area contributed by atoms with Crippen LogP contribution < -0.4 is 10.5 Å². The van der Waals surface area contributed by atoms with Crippen LogP contribution in [0.3, 0.4) is 0 Å². The van der Waals surface area contributed by atoms with Crippen molar-refractivity contribution in [1.82, 2.24) is 4.98 Å². The lowest BCUT2D eigenvalue weighted by Gasteiger charge is -2.07. The molecule has 16 heavy (non-hydrogen) atoms. The molecule has 0 aliphatic carbocycles. The van der Waals surface area contributed by atoms with Gasteiger partial charge >= 0.3 is 0 Å². The number of nitrogens with two attached hydrogens (primary N) is 1. The third kappa shape index (κ3) is 2.28. The summed E-state index contributed by atoms with van der Waals surface area (Å²) in [5.41, 5.74) is 7.57. The van der Waals surface area contributed by atoms with E-state index >= 15 is 0 Å². The van der Waals surface area contributed by atoms with E-state index < -0.39 is 0 Å². The normalized spacial score (nSPS) is 10.8. The average Bonchev–Trinajstić information content (AvgIpc) is 2.73. The summed E-state index contributed by atoms with van der Waals surface area (Å²) in [5, 5.41) is 1.07. The molecule has 0 saturated carbocycles. The average molecular weight is 220 g/mol. The van der Waals surface area contributed by atoms with Gasteiger partial charge in [0.2, 0.25) is 0 Å². The maximum absolute atomic E-state index is 5.90. The summed E-state index contributed by atoms with van der Waals surface area (Å²) in [7, 11) is 1.68. The number of ether oxygens (including phenoxy) is 2. The molecule has 0 atom stereocenters. The number of methoxy groups -OCH3 is 1. The lowest BCUT2D eigenvalue weighted by molar-refractivity contribution is 0.172. The first-order chi connectivity index (χ1) is 7.81. The third-order valence-electron chi connectivity index (χ3n) is 2.42. The minimum Gasteiger partial charge on any atom is -0.493 e. The van der Waals surface area contributed by atoms with Crippen molar-refractivity contribution in [3.8, 4) is 5.75 Å². The van der Waals surface area contributed by atoms with Crippen molar-refractivity contribution < 1.29 is 9.47 Å². The van der Waals surface area contributed by atoms with Crippen molar-refractivity contribution in [2.45, 2.75) is 6.42 Å². The standard InChI is InChI=1S/C12H16N2O2/c1-15-5-2-6-16-10-7-9-3-4-14-12(9)11(13)8-10/h3-4,7-8,14H,2,5-6,13H2,1H3. The van der Waals surface area contributed by atoms with Crippen LogP contribution in [0.2, 0.25) is 0 Å². The van der Waals surface area contributed by atoms with Gasteiger partial charge in [-0.3, -0.25) is 0 Å². The van der Waals surface area contributed by atoms with E-state index in [4.69, 9.17) is 15.2 Å². The van der Waals surface area contributed by atoms with E-state index in [1.54, 1.807) is 7.11 Å². The first kappa shape index (κ1) is 10.8. The Morgan fingerprint density at radius 1 is 1.31 bits per heavy atom. The summed E-state index contributed by atoms with van der Waals surface area (Å²) in [6, 6.07) is 5.80. The molecule has 0 aliphatic heterocycles. The molecule has 0 unspecified atom stereocenters. The second kappa shape index (κ2) is 4.90. The van der Waals surface area contributed by atoms with E-state index in [1.807, 2.05) is 24.4 Å².